The number of methoxy groups -OCH3 is 1. The summed E-state index contributed by atoms with van der Waals surface area (Å²) in [5, 5.41) is 8.49. The Bertz CT molecular complexity index is 886. The van der Waals surface area contributed by atoms with Crippen LogP contribution in [0.4, 0.5) is 0 Å². The lowest BCUT2D eigenvalue weighted by Crippen LogP contribution is -2.51. The summed E-state index contributed by atoms with van der Waals surface area (Å²) in [5.74, 6) is 0.750. The second kappa shape index (κ2) is 8.65. The van der Waals surface area contributed by atoms with E-state index in [0.717, 1.165) is 43.2 Å². The van der Waals surface area contributed by atoms with Gasteiger partial charge in [0.1, 0.15) is 5.75 Å². The minimum Gasteiger partial charge on any atom is -0.496 e. The van der Waals surface area contributed by atoms with Crippen molar-refractivity contribution in [2.45, 2.75) is 32.5 Å². The van der Waals surface area contributed by atoms with E-state index < -0.39 is 6.10 Å². The highest BCUT2D eigenvalue weighted by Gasteiger charge is 2.34. The van der Waals surface area contributed by atoms with Gasteiger partial charge < -0.3 is 14.5 Å². The molecule has 1 amide bonds. The fourth-order valence-electron chi connectivity index (χ4n) is 3.80. The third-order valence-corrected chi connectivity index (χ3v) is 5.46. The number of hydrogen-bond acceptors (Lipinski definition) is 6. The largest absolute Gasteiger partial charge is 0.496 e. The molecule has 0 bridgehead atoms. The number of benzene rings is 1. The van der Waals surface area contributed by atoms with Crippen molar-refractivity contribution in [2.75, 3.05) is 33.3 Å². The van der Waals surface area contributed by atoms with Crippen LogP contribution in [0.1, 0.15) is 24.5 Å². The van der Waals surface area contributed by atoms with Crippen LogP contribution in [0.25, 0.3) is 0 Å². The second-order valence-electron chi connectivity index (χ2n) is 7.34. The zero-order chi connectivity index (χ0) is 20.2. The van der Waals surface area contributed by atoms with Crippen molar-refractivity contribution in [1.82, 2.24) is 19.6 Å². The van der Waals surface area contributed by atoms with Crippen molar-refractivity contribution in [3.63, 3.8) is 0 Å². The molecule has 1 fully saturated rings. The highest BCUT2D eigenvalue weighted by Crippen LogP contribution is 2.25. The van der Waals surface area contributed by atoms with Gasteiger partial charge >= 0.3 is 0 Å². The van der Waals surface area contributed by atoms with Crippen molar-refractivity contribution in [3.8, 4) is 5.75 Å². The van der Waals surface area contributed by atoms with Gasteiger partial charge in [-0.1, -0.05) is 17.3 Å². The fraction of sp³-hybridized carbons (Fsp3) is 0.476. The molecule has 1 aromatic carbocycles. The number of aryl methyl sites for hydroxylation is 1. The van der Waals surface area contributed by atoms with Crippen LogP contribution in [0.3, 0.4) is 0 Å². The molecule has 8 heteroatoms. The molecule has 2 aromatic rings. The summed E-state index contributed by atoms with van der Waals surface area (Å²) in [7, 11) is 1.63. The van der Waals surface area contributed by atoms with Gasteiger partial charge in [0.15, 0.2) is 0 Å². The molecule has 0 radical (unpaired) electrons. The van der Waals surface area contributed by atoms with Crippen LogP contribution in [0.15, 0.2) is 41.8 Å². The minimum atomic E-state index is -0.552. The van der Waals surface area contributed by atoms with E-state index in [2.05, 4.69) is 28.3 Å². The molecule has 1 saturated heterocycles. The topological polar surface area (TPSA) is 72.2 Å². The van der Waals surface area contributed by atoms with E-state index in [0.29, 0.717) is 19.5 Å². The molecule has 0 spiro atoms. The first kappa shape index (κ1) is 19.4. The Hall–Kier alpha value is -2.87. The summed E-state index contributed by atoms with van der Waals surface area (Å²) in [5.41, 5.74) is 2.84. The number of carbonyl (C=O) groups excluding carboxylic acids is 1. The van der Waals surface area contributed by atoms with Crippen LogP contribution in [0.2, 0.25) is 0 Å². The summed E-state index contributed by atoms with van der Waals surface area (Å²) >= 11 is 0. The molecule has 4 rings (SSSR count). The van der Waals surface area contributed by atoms with Gasteiger partial charge in [-0.3, -0.25) is 14.4 Å². The highest BCUT2D eigenvalue weighted by atomic mass is 16.6. The van der Waals surface area contributed by atoms with Gasteiger partial charge in [-0.15, -0.1) is 0 Å². The normalized spacial score (nSPS) is 19.7. The average Bonchev–Trinajstić information content (AvgIpc) is 3.43. The van der Waals surface area contributed by atoms with Gasteiger partial charge in [0.2, 0.25) is 6.10 Å². The molecule has 1 atom stereocenters. The van der Waals surface area contributed by atoms with Gasteiger partial charge in [0.25, 0.3) is 5.91 Å². The molecule has 154 valence electrons. The fourth-order valence-corrected chi connectivity index (χ4v) is 3.80. The van der Waals surface area contributed by atoms with Crippen molar-refractivity contribution in [3.05, 3.63) is 47.8 Å². The number of piperazine rings is 1. The van der Waals surface area contributed by atoms with E-state index >= 15 is 0 Å². The van der Waals surface area contributed by atoms with Crippen LogP contribution in [-0.4, -0.2) is 70.6 Å². The zero-order valence-corrected chi connectivity index (χ0v) is 17.0. The first-order valence-electron chi connectivity index (χ1n) is 10.1. The van der Waals surface area contributed by atoms with Crippen LogP contribution < -0.4 is 4.74 Å². The quantitative estimate of drug-likeness (QED) is 0.743. The first-order valence-corrected chi connectivity index (χ1v) is 10.1. The number of amides is 1. The maximum absolute atomic E-state index is 12.9. The monoisotopic (exact) mass is 397 g/mol. The zero-order valence-electron chi connectivity index (χ0n) is 17.0. The van der Waals surface area contributed by atoms with Gasteiger partial charge in [0.05, 0.1) is 19.0 Å². The molecular weight excluding hydrogens is 370 g/mol. The number of oxime groups is 1. The first-order chi connectivity index (χ1) is 14.2. The number of nitrogens with zero attached hydrogens (tertiary/aromatic N) is 5. The van der Waals surface area contributed by atoms with E-state index in [9.17, 15) is 4.79 Å². The van der Waals surface area contributed by atoms with Crippen molar-refractivity contribution < 1.29 is 14.4 Å². The molecule has 29 heavy (non-hydrogen) atoms. The van der Waals surface area contributed by atoms with E-state index in [1.807, 2.05) is 40.0 Å². The number of para-hydroxylation sites is 1. The Morgan fingerprint density at radius 2 is 2.03 bits per heavy atom. The van der Waals surface area contributed by atoms with Crippen LogP contribution in [0, 0.1) is 0 Å². The molecule has 0 saturated carbocycles. The van der Waals surface area contributed by atoms with Crippen LogP contribution in [0.5, 0.6) is 5.75 Å². The molecule has 0 unspecified atom stereocenters. The maximum atomic E-state index is 12.9. The SMILES string of the molecule is CCn1cc(CN2CCN(C(=O)[C@@H]3CC(c4ccccc4OC)=NO3)CC2)cn1. The molecule has 1 aromatic heterocycles. The van der Waals surface area contributed by atoms with Gasteiger partial charge in [-0.05, 0) is 19.1 Å². The predicted octanol–water partition coefficient (Wildman–Crippen LogP) is 1.75. The molecule has 0 N–H and O–H groups in total. The maximum Gasteiger partial charge on any atom is 0.266 e. The molecular formula is C21H27N5O3. The average molecular weight is 397 g/mol. The number of hydrogen-bond donors (Lipinski definition) is 0. The lowest BCUT2D eigenvalue weighted by atomic mass is 10.0. The smallest absolute Gasteiger partial charge is 0.266 e. The minimum absolute atomic E-state index is 0.0112. The van der Waals surface area contributed by atoms with Crippen LogP contribution in [-0.2, 0) is 22.7 Å². The predicted molar refractivity (Wildman–Crippen MR) is 109 cm³/mol. The molecule has 2 aliphatic rings. The third-order valence-electron chi connectivity index (χ3n) is 5.46. The Morgan fingerprint density at radius 1 is 1.24 bits per heavy atom. The lowest BCUT2D eigenvalue weighted by molar-refractivity contribution is -0.143. The van der Waals surface area contributed by atoms with E-state index in [4.69, 9.17) is 9.57 Å². The lowest BCUT2D eigenvalue weighted by Gasteiger charge is -2.35. The van der Waals surface area contributed by atoms with Gasteiger partial charge in [-0.2, -0.15) is 5.10 Å². The summed E-state index contributed by atoms with van der Waals surface area (Å²) in [6, 6.07) is 7.66. The summed E-state index contributed by atoms with van der Waals surface area (Å²) in [6.07, 6.45) is 3.92. The Kier molecular flexibility index (Phi) is 5.80. The van der Waals surface area contributed by atoms with E-state index in [-0.39, 0.29) is 5.91 Å². The van der Waals surface area contributed by atoms with E-state index in [1.165, 1.54) is 5.56 Å². The summed E-state index contributed by atoms with van der Waals surface area (Å²) < 4.78 is 7.33. The number of carbonyl (C=O) groups is 1. The van der Waals surface area contributed by atoms with Crippen molar-refractivity contribution in [2.24, 2.45) is 5.16 Å². The Morgan fingerprint density at radius 3 is 2.76 bits per heavy atom. The van der Waals surface area contributed by atoms with Gasteiger partial charge in [0, 0.05) is 63.0 Å². The van der Waals surface area contributed by atoms with Gasteiger partial charge in [-0.25, -0.2) is 0 Å². The molecule has 0 aliphatic carbocycles. The molecule has 2 aliphatic heterocycles. The number of ether oxygens (including phenoxy) is 1. The Labute approximate surface area is 170 Å². The van der Waals surface area contributed by atoms with Crippen molar-refractivity contribution in [1.29, 1.82) is 0 Å². The molecule has 8 nitrogen and oxygen atoms in total. The Balaban J connectivity index is 1.29. The highest BCUT2D eigenvalue weighted by molar-refractivity contribution is 6.05. The van der Waals surface area contributed by atoms with E-state index in [1.54, 1.807) is 7.11 Å². The van der Waals surface area contributed by atoms with Crippen molar-refractivity contribution >= 4 is 11.6 Å². The standard InChI is InChI=1S/C21H27N5O3/c1-3-26-15-16(13-22-26)14-24-8-10-25(11-9-24)21(27)20-12-18(23-29-20)17-6-4-5-7-19(17)28-2/h4-7,13,15,20H,3,8-12,14H2,1-2H3/t20-/m0/s1. The number of aromatic nitrogens is 2. The second-order valence-corrected chi connectivity index (χ2v) is 7.34. The van der Waals surface area contributed by atoms with Crippen LogP contribution >= 0.6 is 0 Å². The summed E-state index contributed by atoms with van der Waals surface area (Å²) in [4.78, 5) is 22.6. The molecule has 3 heterocycles. The summed E-state index contributed by atoms with van der Waals surface area (Å²) in [6.45, 7) is 6.90. The third kappa shape index (κ3) is 4.27. The number of rotatable bonds is 6.